The van der Waals surface area contributed by atoms with E-state index in [1.165, 1.54) is 12.5 Å². The monoisotopic (exact) mass is 430 g/mol. The molecule has 31 heavy (non-hydrogen) atoms. The van der Waals surface area contributed by atoms with Crippen molar-refractivity contribution in [2.75, 3.05) is 13.2 Å². The number of carbonyl (C=O) groups is 2. The van der Waals surface area contributed by atoms with Crippen LogP contribution in [0.15, 0.2) is 11.6 Å². The fourth-order valence-corrected chi connectivity index (χ4v) is 9.38. The number of fused-ring (bicyclic) bond motifs is 1. The van der Waals surface area contributed by atoms with Gasteiger partial charge in [-0.3, -0.25) is 4.79 Å². The van der Waals surface area contributed by atoms with E-state index in [2.05, 4.69) is 6.92 Å². The van der Waals surface area contributed by atoms with Gasteiger partial charge in [-0.15, -0.1) is 0 Å². The summed E-state index contributed by atoms with van der Waals surface area (Å²) in [6.45, 7) is 4.94. The number of carbonyl (C=O) groups excluding carboxylic acids is 2. The molecule has 0 amide bonds. The summed E-state index contributed by atoms with van der Waals surface area (Å²) in [5, 5.41) is 11.9. The SMILES string of the molecule is CC(=O)O[C@H]1CC[C@@]23CO[C@@]4(CC[C@]2(O)C1)C3CC[C@]1(C)[C@@H](C2=CC(=O)OC2)CC[C@H]14. The fraction of sp³-hybridized carbons (Fsp3) is 0.840. The molecule has 2 bridgehead atoms. The van der Waals surface area contributed by atoms with Crippen molar-refractivity contribution in [3.63, 3.8) is 0 Å². The van der Waals surface area contributed by atoms with Crippen LogP contribution in [0, 0.1) is 28.6 Å². The minimum Gasteiger partial charge on any atom is -0.462 e. The van der Waals surface area contributed by atoms with E-state index in [1.54, 1.807) is 6.08 Å². The van der Waals surface area contributed by atoms with Crippen LogP contribution < -0.4 is 0 Å². The van der Waals surface area contributed by atoms with Crippen LogP contribution in [-0.4, -0.2) is 47.6 Å². The van der Waals surface area contributed by atoms with Crippen molar-refractivity contribution in [3.8, 4) is 0 Å². The highest BCUT2D eigenvalue weighted by Gasteiger charge is 2.76. The van der Waals surface area contributed by atoms with Gasteiger partial charge in [-0.1, -0.05) is 6.92 Å². The maximum atomic E-state index is 11.9. The molecule has 8 atom stereocenters. The van der Waals surface area contributed by atoms with Crippen molar-refractivity contribution in [3.05, 3.63) is 11.6 Å². The first-order chi connectivity index (χ1) is 14.7. The van der Waals surface area contributed by atoms with Crippen molar-refractivity contribution in [1.29, 1.82) is 0 Å². The lowest BCUT2D eigenvalue weighted by Gasteiger charge is -2.63. The molecule has 0 aromatic heterocycles. The topological polar surface area (TPSA) is 82.1 Å². The molecular weight excluding hydrogens is 396 g/mol. The van der Waals surface area contributed by atoms with Gasteiger partial charge in [-0.2, -0.15) is 0 Å². The van der Waals surface area contributed by atoms with Crippen molar-refractivity contribution < 1.29 is 28.9 Å². The Labute approximate surface area is 183 Å². The highest BCUT2D eigenvalue weighted by molar-refractivity contribution is 5.85. The molecule has 0 radical (unpaired) electrons. The van der Waals surface area contributed by atoms with Gasteiger partial charge in [0.05, 0.1) is 17.8 Å². The zero-order chi connectivity index (χ0) is 21.6. The molecule has 6 rings (SSSR count). The van der Waals surface area contributed by atoms with Crippen molar-refractivity contribution in [2.24, 2.45) is 28.6 Å². The summed E-state index contributed by atoms with van der Waals surface area (Å²) in [5.41, 5.74) is 0.105. The second-order valence-electron chi connectivity index (χ2n) is 11.5. The van der Waals surface area contributed by atoms with E-state index >= 15 is 0 Å². The first kappa shape index (κ1) is 20.2. The van der Waals surface area contributed by atoms with E-state index in [4.69, 9.17) is 14.2 Å². The Morgan fingerprint density at radius 3 is 2.71 bits per heavy atom. The van der Waals surface area contributed by atoms with Crippen molar-refractivity contribution >= 4 is 11.9 Å². The van der Waals surface area contributed by atoms with Gasteiger partial charge in [0.1, 0.15) is 12.7 Å². The van der Waals surface area contributed by atoms with Crippen molar-refractivity contribution in [2.45, 2.75) is 88.9 Å². The summed E-state index contributed by atoms with van der Waals surface area (Å²) in [6.07, 6.45) is 9.75. The van der Waals surface area contributed by atoms with Crippen LogP contribution in [0.2, 0.25) is 0 Å². The maximum absolute atomic E-state index is 11.9. The Bertz CT molecular complexity index is 866. The summed E-state index contributed by atoms with van der Waals surface area (Å²) in [4.78, 5) is 23.2. The molecule has 5 fully saturated rings. The number of rotatable bonds is 2. The van der Waals surface area contributed by atoms with Gasteiger partial charge < -0.3 is 19.3 Å². The zero-order valence-corrected chi connectivity index (χ0v) is 18.7. The number of esters is 2. The lowest BCUT2D eigenvalue weighted by Crippen LogP contribution is -2.66. The second-order valence-corrected chi connectivity index (χ2v) is 11.5. The molecule has 0 aromatic rings. The molecule has 170 valence electrons. The van der Waals surface area contributed by atoms with Gasteiger partial charge in [0, 0.05) is 24.8 Å². The second kappa shape index (κ2) is 6.34. The van der Waals surface area contributed by atoms with E-state index < -0.39 is 5.60 Å². The van der Waals surface area contributed by atoms with E-state index in [0.29, 0.717) is 37.4 Å². The summed E-state index contributed by atoms with van der Waals surface area (Å²) < 4.78 is 17.6. The molecule has 2 heterocycles. The molecule has 1 unspecified atom stereocenters. The number of hydrogen-bond donors (Lipinski definition) is 1. The zero-order valence-electron chi connectivity index (χ0n) is 18.7. The Hall–Kier alpha value is -1.40. The molecule has 1 spiro atoms. The Morgan fingerprint density at radius 2 is 1.97 bits per heavy atom. The fourth-order valence-electron chi connectivity index (χ4n) is 9.38. The van der Waals surface area contributed by atoms with Gasteiger partial charge in [0.2, 0.25) is 0 Å². The van der Waals surface area contributed by atoms with Crippen LogP contribution in [-0.2, 0) is 23.8 Å². The molecule has 6 nitrogen and oxygen atoms in total. The third-order valence-electron chi connectivity index (χ3n) is 10.6. The van der Waals surface area contributed by atoms with Crippen LogP contribution in [0.5, 0.6) is 0 Å². The third-order valence-corrected chi connectivity index (χ3v) is 10.6. The van der Waals surface area contributed by atoms with Gasteiger partial charge in [-0.25, -0.2) is 4.79 Å². The van der Waals surface area contributed by atoms with Crippen LogP contribution in [0.4, 0.5) is 0 Å². The smallest absolute Gasteiger partial charge is 0.331 e. The highest BCUT2D eigenvalue weighted by atomic mass is 16.5. The van der Waals surface area contributed by atoms with Crippen LogP contribution >= 0.6 is 0 Å². The Morgan fingerprint density at radius 1 is 1.13 bits per heavy atom. The van der Waals surface area contributed by atoms with E-state index in [-0.39, 0.29) is 34.5 Å². The summed E-state index contributed by atoms with van der Waals surface area (Å²) in [5.74, 6) is 0.753. The lowest BCUT2D eigenvalue weighted by atomic mass is 9.42. The summed E-state index contributed by atoms with van der Waals surface area (Å²) in [6, 6.07) is 0. The molecule has 6 aliphatic rings. The van der Waals surface area contributed by atoms with Crippen LogP contribution in [0.1, 0.15) is 71.6 Å². The van der Waals surface area contributed by atoms with Gasteiger partial charge in [-0.05, 0) is 80.1 Å². The van der Waals surface area contributed by atoms with Crippen molar-refractivity contribution in [1.82, 2.24) is 0 Å². The van der Waals surface area contributed by atoms with E-state index in [9.17, 15) is 14.7 Å². The molecule has 1 saturated heterocycles. The minimum atomic E-state index is -0.810. The summed E-state index contributed by atoms with van der Waals surface area (Å²) >= 11 is 0. The van der Waals surface area contributed by atoms with Crippen LogP contribution in [0.3, 0.4) is 0 Å². The van der Waals surface area contributed by atoms with Gasteiger partial charge >= 0.3 is 11.9 Å². The van der Waals surface area contributed by atoms with E-state index in [0.717, 1.165) is 51.4 Å². The molecule has 0 aromatic carbocycles. The average Bonchev–Trinajstić information content (AvgIpc) is 3.35. The minimum absolute atomic E-state index is 0.117. The van der Waals surface area contributed by atoms with Crippen LogP contribution in [0.25, 0.3) is 0 Å². The standard InChI is InChI=1S/C25H34O6/c1-15(26)31-17-5-8-23-14-30-25(10-9-24(23,28)12-17)19-4-3-18(16-11-21(27)29-13-16)22(19,2)7-6-20(23)25/h11,17-20,28H,3-10,12-14H2,1-2H3/t17-,18+,19+,20?,22+,23-,24-,25+/m0/s1. The Kier molecular flexibility index (Phi) is 4.14. The molecule has 2 aliphatic heterocycles. The van der Waals surface area contributed by atoms with Gasteiger partial charge in [0.25, 0.3) is 0 Å². The first-order valence-electron chi connectivity index (χ1n) is 12.1. The number of aliphatic hydroxyl groups is 1. The normalized spacial score (nSPS) is 52.6. The predicted octanol–water partition coefficient (Wildman–Crippen LogP) is 3.31. The highest BCUT2D eigenvalue weighted by Crippen LogP contribution is 2.74. The molecular formula is C25H34O6. The quantitative estimate of drug-likeness (QED) is 0.677. The first-order valence-corrected chi connectivity index (χ1v) is 12.1. The van der Waals surface area contributed by atoms with E-state index in [1.807, 2.05) is 0 Å². The third kappa shape index (κ3) is 2.47. The summed E-state index contributed by atoms with van der Waals surface area (Å²) in [7, 11) is 0. The molecule has 4 saturated carbocycles. The molecule has 4 aliphatic carbocycles. The predicted molar refractivity (Wildman–Crippen MR) is 111 cm³/mol. The lowest BCUT2D eigenvalue weighted by molar-refractivity contribution is -0.218. The molecule has 1 N–H and O–H groups in total. The number of cyclic esters (lactones) is 1. The Balaban J connectivity index is 1.32. The van der Waals surface area contributed by atoms with Gasteiger partial charge in [0.15, 0.2) is 0 Å². The maximum Gasteiger partial charge on any atom is 0.331 e. The average molecular weight is 431 g/mol. The molecule has 6 heteroatoms. The number of ether oxygens (including phenoxy) is 3. The number of hydrogen-bond acceptors (Lipinski definition) is 6. The largest absolute Gasteiger partial charge is 0.462 e.